The topological polar surface area (TPSA) is 46.6 Å². The lowest BCUT2D eigenvalue weighted by atomic mass is 10.1. The molecule has 4 nitrogen and oxygen atoms in total. The van der Waals surface area contributed by atoms with Crippen molar-refractivity contribution >= 4 is 11.8 Å². The minimum absolute atomic E-state index is 0.0921. The van der Waals surface area contributed by atoms with Gasteiger partial charge in [-0.1, -0.05) is 0 Å². The summed E-state index contributed by atoms with van der Waals surface area (Å²) < 4.78 is 4.56. The number of carbonyl (C=O) groups is 2. The summed E-state index contributed by atoms with van der Waals surface area (Å²) in [5.74, 6) is -1.09. The first-order chi connectivity index (χ1) is 6.56. The van der Waals surface area contributed by atoms with Gasteiger partial charge in [0.05, 0.1) is 7.11 Å². The molecule has 0 aromatic rings. The number of rotatable bonds is 2. The Morgan fingerprint density at radius 1 is 1.57 bits per heavy atom. The molecule has 1 fully saturated rings. The molecule has 0 spiro atoms. The minimum Gasteiger partial charge on any atom is -0.468 e. The zero-order chi connectivity index (χ0) is 10.7. The Kier molecular flexibility index (Phi) is 3.28. The quantitative estimate of drug-likeness (QED) is 0.369. The van der Waals surface area contributed by atoms with Crippen molar-refractivity contribution in [1.29, 1.82) is 0 Å². The first-order valence-electron chi connectivity index (χ1n) is 4.55. The van der Waals surface area contributed by atoms with Crippen molar-refractivity contribution < 1.29 is 14.3 Å². The summed E-state index contributed by atoms with van der Waals surface area (Å²) in [6.45, 7) is 0. The van der Waals surface area contributed by atoms with Crippen molar-refractivity contribution in [1.82, 2.24) is 4.90 Å². The van der Waals surface area contributed by atoms with Crippen molar-refractivity contribution in [2.45, 2.75) is 12.8 Å². The van der Waals surface area contributed by atoms with E-state index in [2.05, 4.69) is 4.74 Å². The molecule has 0 N–H and O–H groups in total. The van der Waals surface area contributed by atoms with Gasteiger partial charge in [-0.2, -0.15) is 0 Å². The first kappa shape index (κ1) is 10.8. The number of esters is 1. The van der Waals surface area contributed by atoms with Gasteiger partial charge in [-0.25, -0.2) is 0 Å². The van der Waals surface area contributed by atoms with E-state index in [1.54, 1.807) is 6.20 Å². The number of methoxy groups -OCH3 is 1. The lowest BCUT2D eigenvalue weighted by molar-refractivity contribution is -0.147. The minimum atomic E-state index is -0.578. The van der Waals surface area contributed by atoms with Gasteiger partial charge in [0.15, 0.2) is 5.78 Å². The number of hydrogen-bond acceptors (Lipinski definition) is 4. The lowest BCUT2D eigenvalue weighted by Gasteiger charge is -2.06. The Bertz CT molecular complexity index is 281. The highest BCUT2D eigenvalue weighted by Crippen LogP contribution is 2.27. The molecule has 0 radical (unpaired) electrons. The van der Waals surface area contributed by atoms with Crippen LogP contribution in [0.3, 0.4) is 0 Å². The number of ether oxygens (including phenoxy) is 1. The Labute approximate surface area is 83.5 Å². The van der Waals surface area contributed by atoms with E-state index in [4.69, 9.17) is 0 Å². The number of hydrogen-bond donors (Lipinski definition) is 0. The largest absolute Gasteiger partial charge is 0.468 e. The predicted molar refractivity (Wildman–Crippen MR) is 51.5 cm³/mol. The van der Waals surface area contributed by atoms with E-state index in [0.717, 1.165) is 0 Å². The molecule has 1 atom stereocenters. The molecular weight excluding hydrogens is 182 g/mol. The molecule has 1 rings (SSSR count). The molecule has 0 amide bonds. The highest BCUT2D eigenvalue weighted by atomic mass is 16.5. The van der Waals surface area contributed by atoms with E-state index in [9.17, 15) is 9.59 Å². The van der Waals surface area contributed by atoms with Crippen LogP contribution in [0.15, 0.2) is 11.8 Å². The molecule has 4 heteroatoms. The number of allylic oxidation sites excluding steroid dienone is 1. The van der Waals surface area contributed by atoms with Gasteiger partial charge in [0, 0.05) is 25.9 Å². The van der Waals surface area contributed by atoms with Crippen LogP contribution in [-0.2, 0) is 14.3 Å². The number of nitrogens with zero attached hydrogens (tertiary/aromatic N) is 1. The zero-order valence-corrected chi connectivity index (χ0v) is 8.74. The van der Waals surface area contributed by atoms with Crippen LogP contribution < -0.4 is 0 Å². The van der Waals surface area contributed by atoms with Gasteiger partial charge in [-0.15, -0.1) is 0 Å². The second-order valence-electron chi connectivity index (χ2n) is 3.60. The Morgan fingerprint density at radius 2 is 2.21 bits per heavy atom. The van der Waals surface area contributed by atoms with Gasteiger partial charge >= 0.3 is 5.97 Å². The van der Waals surface area contributed by atoms with Crippen LogP contribution in [0, 0.1) is 5.92 Å². The summed E-state index contributed by atoms with van der Waals surface area (Å²) in [5.41, 5.74) is 0.713. The van der Waals surface area contributed by atoms with E-state index in [1.165, 1.54) is 7.11 Å². The smallest absolute Gasteiger partial charge is 0.316 e. The summed E-state index contributed by atoms with van der Waals surface area (Å²) >= 11 is 0. The van der Waals surface area contributed by atoms with Crippen molar-refractivity contribution in [2.75, 3.05) is 21.2 Å². The number of ketones is 1. The second-order valence-corrected chi connectivity index (χ2v) is 3.60. The van der Waals surface area contributed by atoms with Crippen LogP contribution in [-0.4, -0.2) is 37.9 Å². The van der Waals surface area contributed by atoms with Crippen LogP contribution in [0.25, 0.3) is 0 Å². The highest BCUT2D eigenvalue weighted by molar-refractivity contribution is 6.10. The molecule has 1 unspecified atom stereocenters. The van der Waals surface area contributed by atoms with Crippen LogP contribution in [0.4, 0.5) is 0 Å². The van der Waals surface area contributed by atoms with Crippen LogP contribution in [0.5, 0.6) is 0 Å². The monoisotopic (exact) mass is 197 g/mol. The third-order valence-corrected chi connectivity index (χ3v) is 2.24. The Morgan fingerprint density at radius 3 is 2.71 bits per heavy atom. The highest BCUT2D eigenvalue weighted by Gasteiger charge is 2.35. The number of carbonyl (C=O) groups excluding carboxylic acids is 2. The Hall–Kier alpha value is -1.32. The predicted octanol–water partition coefficient (Wildman–Crippen LogP) is 0.584. The van der Waals surface area contributed by atoms with Gasteiger partial charge in [0.1, 0.15) is 5.92 Å². The van der Waals surface area contributed by atoms with E-state index >= 15 is 0 Å². The molecular formula is C10H15NO3. The molecule has 0 aromatic carbocycles. The normalized spacial score (nSPS) is 24.1. The van der Waals surface area contributed by atoms with Gasteiger partial charge < -0.3 is 9.64 Å². The SMILES string of the molecule is COC(=O)C1CC/C(=C\N(C)C)C1=O. The van der Waals surface area contributed by atoms with Gasteiger partial charge in [-0.05, 0) is 12.8 Å². The van der Waals surface area contributed by atoms with Gasteiger partial charge in [0.2, 0.25) is 0 Å². The summed E-state index contributed by atoms with van der Waals surface area (Å²) in [5, 5.41) is 0. The maximum absolute atomic E-state index is 11.6. The fourth-order valence-corrected chi connectivity index (χ4v) is 1.58. The summed E-state index contributed by atoms with van der Waals surface area (Å²) in [6.07, 6.45) is 3.01. The van der Waals surface area contributed by atoms with Crippen molar-refractivity contribution in [3.63, 3.8) is 0 Å². The zero-order valence-electron chi connectivity index (χ0n) is 8.74. The number of Topliss-reactive ketones (excluding diaryl/α,β-unsaturated/α-hetero) is 1. The van der Waals surface area contributed by atoms with E-state index < -0.39 is 11.9 Å². The molecule has 1 aliphatic rings. The second kappa shape index (κ2) is 4.26. The molecule has 0 aromatic heterocycles. The maximum atomic E-state index is 11.6. The molecule has 0 heterocycles. The average Bonchev–Trinajstić information content (AvgIpc) is 2.46. The lowest BCUT2D eigenvalue weighted by Crippen LogP contribution is -2.21. The molecule has 0 saturated heterocycles. The Balaban J connectivity index is 2.74. The molecule has 0 aliphatic heterocycles. The summed E-state index contributed by atoms with van der Waals surface area (Å²) in [7, 11) is 5.01. The van der Waals surface area contributed by atoms with Gasteiger partial charge in [0.25, 0.3) is 0 Å². The molecule has 78 valence electrons. The van der Waals surface area contributed by atoms with Crippen LogP contribution >= 0.6 is 0 Å². The van der Waals surface area contributed by atoms with Crippen molar-refractivity contribution in [2.24, 2.45) is 5.92 Å². The van der Waals surface area contributed by atoms with E-state index in [0.29, 0.717) is 18.4 Å². The van der Waals surface area contributed by atoms with Gasteiger partial charge in [-0.3, -0.25) is 9.59 Å². The molecule has 14 heavy (non-hydrogen) atoms. The van der Waals surface area contributed by atoms with E-state index in [-0.39, 0.29) is 5.78 Å². The summed E-state index contributed by atoms with van der Waals surface area (Å²) in [4.78, 5) is 24.6. The van der Waals surface area contributed by atoms with E-state index in [1.807, 2.05) is 19.0 Å². The fourth-order valence-electron chi connectivity index (χ4n) is 1.58. The van der Waals surface area contributed by atoms with Crippen LogP contribution in [0.2, 0.25) is 0 Å². The third-order valence-electron chi connectivity index (χ3n) is 2.24. The molecule has 1 aliphatic carbocycles. The van der Waals surface area contributed by atoms with Crippen molar-refractivity contribution in [3.05, 3.63) is 11.8 Å². The first-order valence-corrected chi connectivity index (χ1v) is 4.55. The molecule has 0 bridgehead atoms. The molecule has 1 saturated carbocycles. The standard InChI is InChI=1S/C10H15NO3/c1-11(2)6-7-4-5-8(9(7)12)10(13)14-3/h6,8H,4-5H2,1-3H3/b7-6+. The summed E-state index contributed by atoms with van der Waals surface area (Å²) in [6, 6.07) is 0. The van der Waals surface area contributed by atoms with Crippen molar-refractivity contribution in [3.8, 4) is 0 Å². The average molecular weight is 197 g/mol. The maximum Gasteiger partial charge on any atom is 0.316 e. The third kappa shape index (κ3) is 2.13. The van der Waals surface area contributed by atoms with Crippen LogP contribution in [0.1, 0.15) is 12.8 Å². The fraction of sp³-hybridized carbons (Fsp3) is 0.600.